The maximum Gasteiger partial charge on any atom is 0.198 e. The van der Waals surface area contributed by atoms with Gasteiger partial charge in [0.15, 0.2) is 5.78 Å². The molecule has 0 spiro atoms. The van der Waals surface area contributed by atoms with Crippen LogP contribution in [0.4, 0.5) is 8.78 Å². The summed E-state index contributed by atoms with van der Waals surface area (Å²) in [7, 11) is 0. The van der Waals surface area contributed by atoms with Crippen LogP contribution in [0.1, 0.15) is 38.2 Å². The number of benzene rings is 2. The average Bonchev–Trinajstić information content (AvgIpc) is 2.50. The Bertz CT molecular complexity index is 680. The number of hydrogen-bond donors (Lipinski definition) is 0. The van der Waals surface area contributed by atoms with Crippen molar-refractivity contribution in [3.8, 4) is 0 Å². The fourth-order valence-corrected chi connectivity index (χ4v) is 3.17. The Hall–Kier alpha value is -1.07. The first-order valence-electron chi connectivity index (χ1n) is 6.63. The number of carbonyl (C=O) groups excluding carboxylic acids is 1. The summed E-state index contributed by atoms with van der Waals surface area (Å²) in [6, 6.07) is 6.24. The second-order valence-corrected chi connectivity index (χ2v) is 6.29. The maximum absolute atomic E-state index is 14.4. The largest absolute Gasteiger partial charge is 0.288 e. The Morgan fingerprint density at radius 3 is 1.55 bits per heavy atom. The predicted molar refractivity (Wildman–Crippen MR) is 91.0 cm³/mol. The first-order valence-corrected chi connectivity index (χ1v) is 8.88. The van der Waals surface area contributed by atoms with Crippen LogP contribution in [-0.4, -0.2) is 5.78 Å². The van der Waals surface area contributed by atoms with E-state index in [1.807, 2.05) is 0 Å². The average molecular weight is 432 g/mol. The molecule has 0 heterocycles. The van der Waals surface area contributed by atoms with E-state index in [2.05, 4.69) is 31.9 Å². The number of alkyl halides is 2. The smallest absolute Gasteiger partial charge is 0.198 e. The van der Waals surface area contributed by atoms with Gasteiger partial charge in [-0.15, -0.1) is 0 Å². The van der Waals surface area contributed by atoms with E-state index in [0.29, 0.717) is 21.8 Å². The standard InChI is InChI=1S/C17H14Br2F2O/c1-9-3-11(7-18)15(20)13(5-9)17(22)14-6-10(2)4-12(8-19)16(14)21/h3-6H,7-8H2,1-2H3. The van der Waals surface area contributed by atoms with E-state index in [-0.39, 0.29) is 11.1 Å². The van der Waals surface area contributed by atoms with Crippen LogP contribution in [0.25, 0.3) is 0 Å². The number of carbonyl (C=O) groups is 1. The number of aryl methyl sites for hydroxylation is 2. The zero-order valence-electron chi connectivity index (χ0n) is 12.1. The summed E-state index contributed by atoms with van der Waals surface area (Å²) < 4.78 is 28.8. The number of hydrogen-bond acceptors (Lipinski definition) is 1. The van der Waals surface area contributed by atoms with Gasteiger partial charge in [-0.3, -0.25) is 4.79 Å². The highest BCUT2D eigenvalue weighted by molar-refractivity contribution is 9.08. The second-order valence-electron chi connectivity index (χ2n) is 5.17. The van der Waals surface area contributed by atoms with Crippen LogP contribution in [-0.2, 0) is 10.7 Å². The topological polar surface area (TPSA) is 17.1 Å². The van der Waals surface area contributed by atoms with E-state index in [9.17, 15) is 13.6 Å². The summed E-state index contributed by atoms with van der Waals surface area (Å²) in [6.07, 6.45) is 0. The molecule has 0 N–H and O–H groups in total. The monoisotopic (exact) mass is 430 g/mol. The molecule has 2 aromatic carbocycles. The lowest BCUT2D eigenvalue weighted by Crippen LogP contribution is -2.10. The lowest BCUT2D eigenvalue weighted by atomic mass is 9.96. The molecule has 0 aliphatic heterocycles. The van der Waals surface area contributed by atoms with Crippen molar-refractivity contribution >= 4 is 37.6 Å². The van der Waals surface area contributed by atoms with E-state index >= 15 is 0 Å². The van der Waals surface area contributed by atoms with Gasteiger partial charge in [0.25, 0.3) is 0 Å². The van der Waals surface area contributed by atoms with Crippen LogP contribution in [0.3, 0.4) is 0 Å². The first kappa shape index (κ1) is 17.3. The predicted octanol–water partition coefficient (Wildman–Crippen LogP) is 5.60. The van der Waals surface area contributed by atoms with Gasteiger partial charge in [0.2, 0.25) is 0 Å². The Balaban J connectivity index is 2.63. The SMILES string of the molecule is Cc1cc(CBr)c(F)c(C(=O)c2cc(C)cc(CBr)c2F)c1. The van der Waals surface area contributed by atoms with Crippen molar-refractivity contribution in [1.82, 2.24) is 0 Å². The molecule has 0 aliphatic rings. The number of rotatable bonds is 4. The first-order chi connectivity index (χ1) is 10.4. The molecule has 0 unspecified atom stereocenters. The summed E-state index contributed by atoms with van der Waals surface area (Å²) in [5, 5.41) is 0.591. The Labute approximate surface area is 145 Å². The van der Waals surface area contributed by atoms with Gasteiger partial charge in [-0.05, 0) is 48.2 Å². The summed E-state index contributed by atoms with van der Waals surface area (Å²) in [5.41, 5.74) is 2.09. The molecule has 22 heavy (non-hydrogen) atoms. The van der Waals surface area contributed by atoms with Gasteiger partial charge in [0.05, 0.1) is 11.1 Å². The lowest BCUT2D eigenvalue weighted by molar-refractivity contribution is 0.103. The zero-order valence-corrected chi connectivity index (χ0v) is 15.3. The summed E-state index contributed by atoms with van der Waals surface area (Å²) in [6.45, 7) is 3.55. The molecule has 0 atom stereocenters. The summed E-state index contributed by atoms with van der Waals surface area (Å²) >= 11 is 6.40. The normalized spacial score (nSPS) is 10.8. The molecule has 116 valence electrons. The van der Waals surface area contributed by atoms with Crippen molar-refractivity contribution in [1.29, 1.82) is 0 Å². The van der Waals surface area contributed by atoms with Gasteiger partial charge < -0.3 is 0 Å². The minimum atomic E-state index is -0.633. The van der Waals surface area contributed by atoms with Gasteiger partial charge in [-0.1, -0.05) is 44.0 Å². The zero-order chi connectivity index (χ0) is 16.4. The Kier molecular flexibility index (Phi) is 5.50. The number of halogens is 4. The van der Waals surface area contributed by atoms with Crippen LogP contribution in [0, 0.1) is 25.5 Å². The Morgan fingerprint density at radius 2 is 1.23 bits per heavy atom. The molecule has 0 bridgehead atoms. The lowest BCUT2D eigenvalue weighted by Gasteiger charge is -2.11. The Morgan fingerprint density at radius 1 is 0.864 bits per heavy atom. The van der Waals surface area contributed by atoms with Crippen molar-refractivity contribution in [2.75, 3.05) is 0 Å². The molecule has 0 saturated carbocycles. The fraction of sp³-hybridized carbons (Fsp3) is 0.235. The molecular weight excluding hydrogens is 418 g/mol. The van der Waals surface area contributed by atoms with Gasteiger partial charge in [0, 0.05) is 10.7 Å². The third-order valence-electron chi connectivity index (χ3n) is 3.36. The second kappa shape index (κ2) is 7.01. The molecule has 0 aliphatic carbocycles. The van der Waals surface area contributed by atoms with Crippen LogP contribution in [0.2, 0.25) is 0 Å². The van der Waals surface area contributed by atoms with Crippen molar-refractivity contribution in [3.63, 3.8) is 0 Å². The molecule has 0 aromatic heterocycles. The van der Waals surface area contributed by atoms with E-state index in [0.717, 1.165) is 11.1 Å². The molecule has 0 fully saturated rings. The van der Waals surface area contributed by atoms with Crippen LogP contribution in [0.5, 0.6) is 0 Å². The molecular formula is C17H14Br2F2O. The molecule has 0 saturated heterocycles. The molecule has 2 rings (SSSR count). The van der Waals surface area contributed by atoms with Crippen molar-refractivity contribution in [3.05, 3.63) is 69.3 Å². The van der Waals surface area contributed by atoms with Gasteiger partial charge in [-0.2, -0.15) is 0 Å². The fourth-order valence-electron chi connectivity index (χ4n) is 2.36. The van der Waals surface area contributed by atoms with E-state index in [1.54, 1.807) is 26.0 Å². The van der Waals surface area contributed by atoms with Crippen molar-refractivity contribution in [2.45, 2.75) is 24.5 Å². The minimum absolute atomic E-state index is 0.0977. The quantitative estimate of drug-likeness (QED) is 0.454. The van der Waals surface area contributed by atoms with Crippen LogP contribution < -0.4 is 0 Å². The highest BCUT2D eigenvalue weighted by Gasteiger charge is 2.22. The highest BCUT2D eigenvalue weighted by Crippen LogP contribution is 2.25. The molecule has 1 nitrogen and oxygen atoms in total. The van der Waals surface area contributed by atoms with Gasteiger partial charge in [0.1, 0.15) is 11.6 Å². The van der Waals surface area contributed by atoms with Gasteiger partial charge in [-0.25, -0.2) is 8.78 Å². The van der Waals surface area contributed by atoms with Gasteiger partial charge >= 0.3 is 0 Å². The summed E-state index contributed by atoms with van der Waals surface area (Å²) in [4.78, 5) is 12.6. The minimum Gasteiger partial charge on any atom is -0.288 e. The molecule has 5 heteroatoms. The molecule has 0 radical (unpaired) electrons. The van der Waals surface area contributed by atoms with E-state index in [1.165, 1.54) is 12.1 Å². The van der Waals surface area contributed by atoms with E-state index in [4.69, 9.17) is 0 Å². The van der Waals surface area contributed by atoms with Crippen molar-refractivity contribution < 1.29 is 13.6 Å². The summed E-state index contributed by atoms with van der Waals surface area (Å²) in [5.74, 6) is -1.84. The third-order valence-corrected chi connectivity index (χ3v) is 4.57. The van der Waals surface area contributed by atoms with Crippen LogP contribution in [0.15, 0.2) is 24.3 Å². The molecule has 2 aromatic rings. The molecule has 0 amide bonds. The van der Waals surface area contributed by atoms with Crippen LogP contribution >= 0.6 is 31.9 Å². The highest BCUT2D eigenvalue weighted by atomic mass is 79.9. The van der Waals surface area contributed by atoms with Crippen molar-refractivity contribution in [2.24, 2.45) is 0 Å². The maximum atomic E-state index is 14.4. The third kappa shape index (κ3) is 3.30. The number of ketones is 1. The van der Waals surface area contributed by atoms with E-state index < -0.39 is 17.4 Å².